The molecule has 1 aromatic heterocycles. The van der Waals surface area contributed by atoms with Crippen molar-refractivity contribution in [2.75, 3.05) is 33.3 Å². The summed E-state index contributed by atoms with van der Waals surface area (Å²) in [6, 6.07) is 20.6. The number of pyridine rings is 1. The molecule has 0 spiro atoms. The van der Waals surface area contributed by atoms with E-state index in [1.54, 1.807) is 13.3 Å². The zero-order valence-corrected chi connectivity index (χ0v) is 19.6. The first-order valence-corrected chi connectivity index (χ1v) is 11.8. The third-order valence-corrected chi connectivity index (χ3v) is 6.33. The van der Waals surface area contributed by atoms with Crippen LogP contribution in [0.15, 0.2) is 73.1 Å². The summed E-state index contributed by atoms with van der Waals surface area (Å²) in [7, 11) is 1.70. The van der Waals surface area contributed by atoms with E-state index in [2.05, 4.69) is 58.1 Å². The van der Waals surface area contributed by atoms with Crippen molar-refractivity contribution in [3.63, 3.8) is 0 Å². The molecule has 33 heavy (non-hydrogen) atoms. The standard InChI is InChI=1S/C28H33N3O2/c1-3-15-31-17-16-30(20-22-9-8-14-29-19-22)21-24(28(31)32)18-23-10-4-5-11-25(23)26-12-6-7-13-27(26)33-2/h4-14,19,24H,3,15-18,20-21H2,1-2H3. The fourth-order valence-corrected chi connectivity index (χ4v) is 4.74. The second kappa shape index (κ2) is 11.1. The van der Waals surface area contributed by atoms with Gasteiger partial charge in [0.1, 0.15) is 5.75 Å². The summed E-state index contributed by atoms with van der Waals surface area (Å²) in [5.74, 6) is 1.02. The zero-order chi connectivity index (χ0) is 23.0. The average molecular weight is 444 g/mol. The highest BCUT2D eigenvalue weighted by molar-refractivity contribution is 5.81. The van der Waals surface area contributed by atoms with Crippen LogP contribution in [0.25, 0.3) is 11.1 Å². The van der Waals surface area contributed by atoms with Gasteiger partial charge in [0.2, 0.25) is 5.91 Å². The number of hydrogen-bond donors (Lipinski definition) is 0. The average Bonchev–Trinajstić information content (AvgIpc) is 2.99. The molecule has 1 unspecified atom stereocenters. The van der Waals surface area contributed by atoms with E-state index < -0.39 is 0 Å². The molecule has 1 saturated heterocycles. The number of carbonyl (C=O) groups excluding carboxylic acids is 1. The van der Waals surface area contributed by atoms with Crippen molar-refractivity contribution < 1.29 is 9.53 Å². The first-order valence-electron chi connectivity index (χ1n) is 11.8. The molecule has 1 amide bonds. The Labute approximate surface area is 197 Å². The minimum atomic E-state index is -0.0911. The van der Waals surface area contributed by atoms with Crippen LogP contribution in [-0.4, -0.2) is 54.0 Å². The van der Waals surface area contributed by atoms with Crippen LogP contribution in [0, 0.1) is 5.92 Å². The Morgan fingerprint density at radius 1 is 1.00 bits per heavy atom. The maximum absolute atomic E-state index is 13.6. The molecule has 4 rings (SSSR count). The van der Waals surface area contributed by atoms with Crippen LogP contribution in [0.3, 0.4) is 0 Å². The van der Waals surface area contributed by atoms with Gasteiger partial charge in [-0.05, 0) is 41.7 Å². The van der Waals surface area contributed by atoms with E-state index in [9.17, 15) is 4.79 Å². The summed E-state index contributed by atoms with van der Waals surface area (Å²) >= 11 is 0. The third-order valence-electron chi connectivity index (χ3n) is 6.33. The van der Waals surface area contributed by atoms with Crippen molar-refractivity contribution in [3.8, 4) is 16.9 Å². The first kappa shape index (κ1) is 23.0. The molecule has 2 aromatic carbocycles. The highest BCUT2D eigenvalue weighted by Crippen LogP contribution is 2.33. The lowest BCUT2D eigenvalue weighted by molar-refractivity contribution is -0.134. The molecule has 3 aromatic rings. The summed E-state index contributed by atoms with van der Waals surface area (Å²) < 4.78 is 5.63. The molecule has 172 valence electrons. The minimum absolute atomic E-state index is 0.0911. The topological polar surface area (TPSA) is 45.7 Å². The Hall–Kier alpha value is -3.18. The number of para-hydroxylation sites is 1. The van der Waals surface area contributed by atoms with E-state index in [1.807, 2.05) is 30.5 Å². The van der Waals surface area contributed by atoms with E-state index in [1.165, 1.54) is 11.1 Å². The van der Waals surface area contributed by atoms with Gasteiger partial charge in [-0.25, -0.2) is 0 Å². The fraction of sp³-hybridized carbons (Fsp3) is 0.357. The number of hydrogen-bond acceptors (Lipinski definition) is 4. The number of carbonyl (C=O) groups is 1. The van der Waals surface area contributed by atoms with E-state index in [0.29, 0.717) is 6.42 Å². The molecule has 1 fully saturated rings. The van der Waals surface area contributed by atoms with E-state index in [4.69, 9.17) is 4.74 Å². The molecule has 0 aliphatic carbocycles. The number of aromatic nitrogens is 1. The predicted octanol–water partition coefficient (Wildman–Crippen LogP) is 4.67. The van der Waals surface area contributed by atoms with Gasteiger partial charge in [0.25, 0.3) is 0 Å². The second-order valence-corrected chi connectivity index (χ2v) is 8.68. The van der Waals surface area contributed by atoms with Gasteiger partial charge in [0.05, 0.1) is 13.0 Å². The normalized spacial score (nSPS) is 17.1. The molecule has 0 saturated carbocycles. The molecule has 1 aliphatic rings. The van der Waals surface area contributed by atoms with Crippen LogP contribution < -0.4 is 4.74 Å². The maximum atomic E-state index is 13.6. The van der Waals surface area contributed by atoms with Crippen molar-refractivity contribution in [1.82, 2.24) is 14.8 Å². The van der Waals surface area contributed by atoms with Crippen LogP contribution in [0.4, 0.5) is 0 Å². The lowest BCUT2D eigenvalue weighted by Crippen LogP contribution is -2.37. The molecule has 1 aliphatic heterocycles. The van der Waals surface area contributed by atoms with Crippen molar-refractivity contribution in [1.29, 1.82) is 0 Å². The smallest absolute Gasteiger partial charge is 0.227 e. The number of ether oxygens (including phenoxy) is 1. The van der Waals surface area contributed by atoms with Crippen LogP contribution in [0.2, 0.25) is 0 Å². The summed E-state index contributed by atoms with van der Waals surface area (Å²) in [5.41, 5.74) is 4.56. The number of methoxy groups -OCH3 is 1. The van der Waals surface area contributed by atoms with Crippen LogP contribution in [0.5, 0.6) is 5.75 Å². The van der Waals surface area contributed by atoms with Crippen molar-refractivity contribution in [2.45, 2.75) is 26.3 Å². The van der Waals surface area contributed by atoms with Crippen molar-refractivity contribution >= 4 is 5.91 Å². The lowest BCUT2D eigenvalue weighted by Gasteiger charge is -2.25. The van der Waals surface area contributed by atoms with Crippen LogP contribution >= 0.6 is 0 Å². The Morgan fingerprint density at radius 2 is 1.79 bits per heavy atom. The molecular weight excluding hydrogens is 410 g/mol. The van der Waals surface area contributed by atoms with Crippen molar-refractivity contribution in [3.05, 3.63) is 84.2 Å². The van der Waals surface area contributed by atoms with Crippen LogP contribution in [-0.2, 0) is 17.8 Å². The zero-order valence-electron chi connectivity index (χ0n) is 19.6. The van der Waals surface area contributed by atoms with E-state index >= 15 is 0 Å². The largest absolute Gasteiger partial charge is 0.496 e. The quantitative estimate of drug-likeness (QED) is 0.508. The van der Waals surface area contributed by atoms with Gasteiger partial charge >= 0.3 is 0 Å². The highest BCUT2D eigenvalue weighted by atomic mass is 16.5. The number of nitrogens with zero attached hydrogens (tertiary/aromatic N) is 3. The number of amides is 1. The monoisotopic (exact) mass is 443 g/mol. The van der Waals surface area contributed by atoms with Gasteiger partial charge < -0.3 is 9.64 Å². The molecule has 0 radical (unpaired) electrons. The third kappa shape index (κ3) is 5.60. The van der Waals surface area contributed by atoms with Gasteiger partial charge in [-0.3, -0.25) is 14.7 Å². The molecule has 0 N–H and O–H groups in total. The molecule has 2 heterocycles. The maximum Gasteiger partial charge on any atom is 0.227 e. The van der Waals surface area contributed by atoms with Gasteiger partial charge in [-0.2, -0.15) is 0 Å². The van der Waals surface area contributed by atoms with E-state index in [-0.39, 0.29) is 11.8 Å². The highest BCUT2D eigenvalue weighted by Gasteiger charge is 2.30. The van der Waals surface area contributed by atoms with E-state index in [0.717, 1.165) is 56.0 Å². The molecule has 5 nitrogen and oxygen atoms in total. The predicted molar refractivity (Wildman–Crippen MR) is 132 cm³/mol. The minimum Gasteiger partial charge on any atom is -0.496 e. The molecule has 5 heteroatoms. The van der Waals surface area contributed by atoms with Gasteiger partial charge in [0, 0.05) is 50.7 Å². The molecule has 1 atom stereocenters. The van der Waals surface area contributed by atoms with Gasteiger partial charge in [-0.1, -0.05) is 55.5 Å². The SMILES string of the molecule is CCCN1CCN(Cc2cccnc2)CC(Cc2ccccc2-c2ccccc2OC)C1=O. The summed E-state index contributed by atoms with van der Waals surface area (Å²) in [4.78, 5) is 22.3. The first-order chi connectivity index (χ1) is 16.2. The Bertz CT molecular complexity index is 1050. The number of rotatable bonds is 8. The second-order valence-electron chi connectivity index (χ2n) is 8.68. The van der Waals surface area contributed by atoms with Gasteiger partial charge in [-0.15, -0.1) is 0 Å². The summed E-state index contributed by atoms with van der Waals surface area (Å²) in [6.45, 7) is 6.16. The molecule has 0 bridgehead atoms. The van der Waals surface area contributed by atoms with Gasteiger partial charge in [0.15, 0.2) is 0 Å². The van der Waals surface area contributed by atoms with Crippen molar-refractivity contribution in [2.24, 2.45) is 5.92 Å². The lowest BCUT2D eigenvalue weighted by atomic mass is 9.91. The Kier molecular flexibility index (Phi) is 7.74. The summed E-state index contributed by atoms with van der Waals surface area (Å²) in [6.07, 6.45) is 5.40. The molecular formula is C28H33N3O2. The fourth-order valence-electron chi connectivity index (χ4n) is 4.74. The Morgan fingerprint density at radius 3 is 2.55 bits per heavy atom. The van der Waals surface area contributed by atoms with Crippen LogP contribution in [0.1, 0.15) is 24.5 Å². The summed E-state index contributed by atoms with van der Waals surface area (Å²) in [5, 5.41) is 0. The number of benzene rings is 2. The Balaban J connectivity index is 1.62.